The fourth-order valence-corrected chi connectivity index (χ4v) is 3.88. The van der Waals surface area contributed by atoms with E-state index in [4.69, 9.17) is 4.98 Å². The van der Waals surface area contributed by atoms with Crippen molar-refractivity contribution >= 4 is 5.91 Å². The number of hydrogen-bond donors (Lipinski definition) is 0. The summed E-state index contributed by atoms with van der Waals surface area (Å²) in [7, 11) is 0. The Bertz CT molecular complexity index is 947. The molecule has 142 valence electrons. The van der Waals surface area contributed by atoms with E-state index in [1.165, 1.54) is 11.1 Å². The quantitative estimate of drug-likeness (QED) is 0.683. The van der Waals surface area contributed by atoms with Crippen LogP contribution in [0.15, 0.2) is 67.0 Å². The Morgan fingerprint density at radius 2 is 1.86 bits per heavy atom. The van der Waals surface area contributed by atoms with Crippen LogP contribution in [0.25, 0.3) is 0 Å². The number of rotatable bonds is 4. The molecule has 0 unspecified atom stereocenters. The van der Waals surface area contributed by atoms with Crippen LogP contribution in [0.1, 0.15) is 51.6 Å². The molecule has 1 aliphatic heterocycles. The normalized spacial score (nSPS) is 14.8. The Balaban J connectivity index is 1.41. The van der Waals surface area contributed by atoms with Crippen LogP contribution in [0.5, 0.6) is 0 Å². The summed E-state index contributed by atoms with van der Waals surface area (Å²) in [6.45, 7) is 3.68. The molecule has 28 heavy (non-hydrogen) atoms. The summed E-state index contributed by atoms with van der Waals surface area (Å²) in [5.74, 6) is 0.489. The summed E-state index contributed by atoms with van der Waals surface area (Å²) < 4.78 is 0. The molecule has 3 heterocycles. The first-order valence-corrected chi connectivity index (χ1v) is 9.90. The van der Waals surface area contributed by atoms with Crippen LogP contribution in [-0.2, 0) is 6.42 Å². The van der Waals surface area contributed by atoms with E-state index in [9.17, 15) is 4.79 Å². The molecular weight excluding hydrogens is 346 g/mol. The third-order valence-corrected chi connectivity index (χ3v) is 5.57. The zero-order valence-electron chi connectivity index (χ0n) is 16.2. The van der Waals surface area contributed by atoms with Crippen molar-refractivity contribution in [3.63, 3.8) is 0 Å². The van der Waals surface area contributed by atoms with Gasteiger partial charge in [0.05, 0.1) is 5.56 Å². The SMILES string of the molecule is Cc1ccccc1Cc1cccc(C2CCN(C(=O)c3cccnc3)CC2)n1. The Hall–Kier alpha value is -3.01. The zero-order valence-corrected chi connectivity index (χ0v) is 16.2. The third-order valence-electron chi connectivity index (χ3n) is 5.57. The number of carbonyl (C=O) groups is 1. The average molecular weight is 371 g/mol. The van der Waals surface area contributed by atoms with E-state index in [2.05, 4.69) is 54.4 Å². The second-order valence-electron chi connectivity index (χ2n) is 7.47. The van der Waals surface area contributed by atoms with Crippen LogP contribution >= 0.6 is 0 Å². The summed E-state index contributed by atoms with van der Waals surface area (Å²) in [4.78, 5) is 23.5. The van der Waals surface area contributed by atoms with Crippen molar-refractivity contribution in [1.82, 2.24) is 14.9 Å². The van der Waals surface area contributed by atoms with Gasteiger partial charge < -0.3 is 4.90 Å². The summed E-state index contributed by atoms with van der Waals surface area (Å²) in [6, 6.07) is 18.5. The van der Waals surface area contributed by atoms with Gasteiger partial charge in [-0.2, -0.15) is 0 Å². The molecule has 3 aromatic rings. The molecule has 0 atom stereocenters. The standard InChI is InChI=1S/C24H25N3O/c1-18-6-2-3-7-20(18)16-22-9-4-10-23(26-22)19-11-14-27(15-12-19)24(28)21-8-5-13-25-17-21/h2-10,13,17,19H,11-12,14-16H2,1H3. The average Bonchev–Trinajstić information content (AvgIpc) is 2.76. The molecule has 0 bridgehead atoms. The van der Waals surface area contributed by atoms with Crippen molar-refractivity contribution in [2.75, 3.05) is 13.1 Å². The first-order chi connectivity index (χ1) is 13.7. The molecule has 0 radical (unpaired) electrons. The van der Waals surface area contributed by atoms with Crippen molar-refractivity contribution in [1.29, 1.82) is 0 Å². The highest BCUT2D eigenvalue weighted by Gasteiger charge is 2.25. The first-order valence-electron chi connectivity index (χ1n) is 9.90. The second-order valence-corrected chi connectivity index (χ2v) is 7.47. The molecule has 1 aliphatic rings. The molecule has 1 aromatic carbocycles. The van der Waals surface area contributed by atoms with Gasteiger partial charge in [0.1, 0.15) is 0 Å². The van der Waals surface area contributed by atoms with Crippen LogP contribution in [0, 0.1) is 6.92 Å². The van der Waals surface area contributed by atoms with E-state index >= 15 is 0 Å². The number of hydrogen-bond acceptors (Lipinski definition) is 3. The molecular formula is C24H25N3O. The van der Waals surface area contributed by atoms with E-state index in [-0.39, 0.29) is 5.91 Å². The van der Waals surface area contributed by atoms with Gasteiger partial charge >= 0.3 is 0 Å². The number of amides is 1. The minimum Gasteiger partial charge on any atom is -0.339 e. The van der Waals surface area contributed by atoms with Crippen molar-refractivity contribution < 1.29 is 4.79 Å². The monoisotopic (exact) mass is 371 g/mol. The number of likely N-dealkylation sites (tertiary alicyclic amines) is 1. The van der Waals surface area contributed by atoms with Crippen LogP contribution in [0.2, 0.25) is 0 Å². The lowest BCUT2D eigenvalue weighted by molar-refractivity contribution is 0.0711. The van der Waals surface area contributed by atoms with Gasteiger partial charge in [-0.15, -0.1) is 0 Å². The van der Waals surface area contributed by atoms with Crippen LogP contribution in [-0.4, -0.2) is 33.9 Å². The first kappa shape index (κ1) is 18.4. The van der Waals surface area contributed by atoms with Crippen molar-refractivity contribution in [2.24, 2.45) is 0 Å². The minimum atomic E-state index is 0.0767. The van der Waals surface area contributed by atoms with Crippen LogP contribution < -0.4 is 0 Å². The highest BCUT2D eigenvalue weighted by atomic mass is 16.2. The smallest absolute Gasteiger partial charge is 0.255 e. The van der Waals surface area contributed by atoms with Gasteiger partial charge in [-0.25, -0.2) is 0 Å². The van der Waals surface area contributed by atoms with Crippen LogP contribution in [0.4, 0.5) is 0 Å². The van der Waals surface area contributed by atoms with Gasteiger partial charge in [-0.1, -0.05) is 30.3 Å². The van der Waals surface area contributed by atoms with Gasteiger partial charge in [-0.05, 0) is 55.2 Å². The van der Waals surface area contributed by atoms with Crippen molar-refractivity contribution in [2.45, 2.75) is 32.1 Å². The molecule has 0 N–H and O–H groups in total. The lowest BCUT2D eigenvalue weighted by atomic mass is 9.92. The molecule has 0 spiro atoms. The van der Waals surface area contributed by atoms with Gasteiger partial charge in [-0.3, -0.25) is 14.8 Å². The van der Waals surface area contributed by atoms with Gasteiger partial charge in [0.15, 0.2) is 0 Å². The van der Waals surface area contributed by atoms with E-state index in [0.717, 1.165) is 43.7 Å². The molecule has 4 rings (SSSR count). The molecule has 4 heteroatoms. The maximum atomic E-state index is 12.6. The fraction of sp³-hybridized carbons (Fsp3) is 0.292. The number of benzene rings is 1. The zero-order chi connectivity index (χ0) is 19.3. The number of carbonyl (C=O) groups excluding carboxylic acids is 1. The number of piperidine rings is 1. The Morgan fingerprint density at radius 3 is 2.61 bits per heavy atom. The van der Waals surface area contributed by atoms with E-state index in [1.54, 1.807) is 12.4 Å². The largest absolute Gasteiger partial charge is 0.339 e. The predicted octanol–water partition coefficient (Wildman–Crippen LogP) is 4.40. The number of pyridine rings is 2. The highest BCUT2D eigenvalue weighted by Crippen LogP contribution is 2.28. The number of nitrogens with zero attached hydrogens (tertiary/aromatic N) is 3. The Morgan fingerprint density at radius 1 is 1.04 bits per heavy atom. The lowest BCUT2D eigenvalue weighted by Crippen LogP contribution is -2.38. The summed E-state index contributed by atoms with van der Waals surface area (Å²) in [5.41, 5.74) is 5.56. The molecule has 4 nitrogen and oxygen atoms in total. The summed E-state index contributed by atoms with van der Waals surface area (Å²) in [6.07, 6.45) is 6.10. The summed E-state index contributed by atoms with van der Waals surface area (Å²) >= 11 is 0. The van der Waals surface area contributed by atoms with Gasteiger partial charge in [0, 0.05) is 49.2 Å². The Labute approximate surface area is 166 Å². The highest BCUT2D eigenvalue weighted by molar-refractivity contribution is 5.93. The number of aryl methyl sites for hydroxylation is 1. The fourth-order valence-electron chi connectivity index (χ4n) is 3.88. The predicted molar refractivity (Wildman–Crippen MR) is 110 cm³/mol. The second kappa shape index (κ2) is 8.34. The lowest BCUT2D eigenvalue weighted by Gasteiger charge is -2.32. The van der Waals surface area contributed by atoms with E-state index < -0.39 is 0 Å². The topological polar surface area (TPSA) is 46.1 Å². The van der Waals surface area contributed by atoms with Crippen molar-refractivity contribution in [3.8, 4) is 0 Å². The minimum absolute atomic E-state index is 0.0767. The molecule has 1 amide bonds. The van der Waals surface area contributed by atoms with Gasteiger partial charge in [0.2, 0.25) is 0 Å². The maximum absolute atomic E-state index is 12.6. The molecule has 2 aromatic heterocycles. The van der Waals surface area contributed by atoms with E-state index in [0.29, 0.717) is 11.5 Å². The van der Waals surface area contributed by atoms with Gasteiger partial charge in [0.25, 0.3) is 5.91 Å². The number of aromatic nitrogens is 2. The molecule has 0 saturated carbocycles. The van der Waals surface area contributed by atoms with E-state index in [1.807, 2.05) is 17.0 Å². The third kappa shape index (κ3) is 4.11. The van der Waals surface area contributed by atoms with Crippen molar-refractivity contribution in [3.05, 3.63) is 95.1 Å². The van der Waals surface area contributed by atoms with Crippen LogP contribution in [0.3, 0.4) is 0 Å². The Kier molecular flexibility index (Phi) is 5.47. The molecule has 1 saturated heterocycles. The molecule has 1 fully saturated rings. The maximum Gasteiger partial charge on any atom is 0.255 e. The summed E-state index contributed by atoms with van der Waals surface area (Å²) in [5, 5.41) is 0. The molecule has 0 aliphatic carbocycles.